The second-order valence-corrected chi connectivity index (χ2v) is 24.2. The third kappa shape index (κ3) is 7.10. The van der Waals surface area contributed by atoms with Crippen LogP contribution in [0.2, 0.25) is 51.9 Å². The third-order valence-electron chi connectivity index (χ3n) is 5.21. The summed E-state index contributed by atoms with van der Waals surface area (Å²) in [5, 5.41) is 19.1. The van der Waals surface area contributed by atoms with Gasteiger partial charge >= 0.3 is 8.56 Å². The minimum absolute atomic E-state index is 0.275. The molecule has 0 amide bonds. The molecule has 2 N–H and O–H groups in total. The predicted octanol–water partition coefficient (Wildman–Crippen LogP) is 5.81. The van der Waals surface area contributed by atoms with Gasteiger partial charge in [-0.25, -0.2) is 0 Å². The fourth-order valence-electron chi connectivity index (χ4n) is 4.65. The number of para-hydroxylation sites is 1. The van der Waals surface area contributed by atoms with Gasteiger partial charge in [-0.2, -0.15) is 5.10 Å². The number of hydrogen-bond donors (Lipinski definition) is 1. The fraction of sp³-hybridized carbons (Fsp3) is 0.500. The lowest BCUT2D eigenvalue weighted by Crippen LogP contribution is -2.53. The van der Waals surface area contributed by atoms with Crippen LogP contribution in [0.4, 0.5) is 0 Å². The lowest BCUT2D eigenvalue weighted by Gasteiger charge is -2.39. The molecule has 0 aliphatic heterocycles. The molecule has 1 atom stereocenters. The molecule has 0 spiro atoms. The Morgan fingerprint density at radius 2 is 1.61 bits per heavy atom. The average Bonchev–Trinajstić information content (AvgIpc) is 3.04. The molecule has 0 saturated heterocycles. The molecule has 9 heteroatoms. The molecule has 0 bridgehead atoms. The monoisotopic (exact) mass is 502 g/mol. The summed E-state index contributed by atoms with van der Waals surface area (Å²) in [6.45, 7) is 19.9. The summed E-state index contributed by atoms with van der Waals surface area (Å²) in [6, 6.07) is 12.8. The van der Waals surface area contributed by atoms with Gasteiger partial charge in [0.25, 0.3) is 0 Å². The molecule has 0 fully saturated rings. The van der Waals surface area contributed by atoms with Crippen molar-refractivity contribution in [2.75, 3.05) is 0 Å². The standard InChI is InChI=1S/C24H39N3O3Si3/c1-18-14-20(15-19(2)17-33(9,29-31(3,4)5)30-32(6,7)8)24(28)23(16-18)27-25-21-12-10-11-13-22(21)26-27/h10-14,16,19,28H,15,17H2,1-9H3/p+1. The summed E-state index contributed by atoms with van der Waals surface area (Å²) < 4.78 is 13.4. The zero-order valence-corrected chi connectivity index (χ0v) is 24.6. The van der Waals surface area contributed by atoms with Crippen molar-refractivity contribution in [1.29, 1.82) is 0 Å². The molecule has 180 valence electrons. The van der Waals surface area contributed by atoms with E-state index in [1.807, 2.05) is 30.3 Å². The number of hydrogen-bond acceptors (Lipinski definition) is 4. The first-order chi connectivity index (χ1) is 15.1. The predicted molar refractivity (Wildman–Crippen MR) is 142 cm³/mol. The molecular formula is C24H40N3O3Si3+. The first-order valence-corrected chi connectivity index (χ1v) is 21.1. The van der Waals surface area contributed by atoms with Crippen molar-refractivity contribution >= 4 is 36.2 Å². The van der Waals surface area contributed by atoms with Crippen LogP contribution in [0.3, 0.4) is 0 Å². The molecular weight excluding hydrogens is 463 g/mol. The Balaban J connectivity index is 1.87. The SMILES string of the molecule is Cc1cc(CC(C)C[Si](C)(O[Si](C)(C)C)O[Si](C)(C)C)c(O)c(-n2nc3ccccc3[nH+]2)c1. The molecule has 0 saturated carbocycles. The molecule has 0 aliphatic carbocycles. The highest BCUT2D eigenvalue weighted by Gasteiger charge is 2.41. The Hall–Kier alpha value is -1.79. The summed E-state index contributed by atoms with van der Waals surface area (Å²) in [5.74, 6) is 0.590. The van der Waals surface area contributed by atoms with Gasteiger partial charge in [0.05, 0.1) is 5.10 Å². The van der Waals surface area contributed by atoms with E-state index in [0.29, 0.717) is 11.6 Å². The minimum atomic E-state index is -2.35. The number of nitrogens with one attached hydrogen (secondary N) is 1. The Morgan fingerprint density at radius 1 is 1.00 bits per heavy atom. The number of rotatable bonds is 9. The first-order valence-electron chi connectivity index (χ1n) is 11.7. The molecule has 2 aromatic carbocycles. The van der Waals surface area contributed by atoms with Crippen LogP contribution >= 0.6 is 0 Å². The van der Waals surface area contributed by atoms with Crippen molar-refractivity contribution in [3.8, 4) is 11.4 Å². The Morgan fingerprint density at radius 3 is 2.18 bits per heavy atom. The van der Waals surface area contributed by atoms with E-state index in [-0.39, 0.29) is 5.75 Å². The Labute approximate surface area is 201 Å². The maximum Gasteiger partial charge on any atom is 0.314 e. The van der Waals surface area contributed by atoms with Crippen LogP contribution in [0.5, 0.6) is 5.75 Å². The van der Waals surface area contributed by atoms with Crippen molar-refractivity contribution in [1.82, 2.24) is 9.90 Å². The summed E-state index contributed by atoms with van der Waals surface area (Å²) in [5.41, 5.74) is 4.49. The minimum Gasteiger partial charge on any atom is -0.505 e. The molecule has 3 rings (SSSR count). The van der Waals surface area contributed by atoms with E-state index in [4.69, 9.17) is 8.23 Å². The van der Waals surface area contributed by atoms with Gasteiger partial charge in [0.15, 0.2) is 27.8 Å². The average molecular weight is 503 g/mol. The number of benzene rings is 2. The van der Waals surface area contributed by atoms with Crippen molar-refractivity contribution < 1.29 is 18.4 Å². The van der Waals surface area contributed by atoms with Crippen LogP contribution < -0.4 is 5.10 Å². The number of aromatic hydroxyl groups is 1. The molecule has 1 unspecified atom stereocenters. The number of aryl methyl sites for hydroxylation is 1. The van der Waals surface area contributed by atoms with Crippen LogP contribution in [-0.4, -0.2) is 40.2 Å². The summed E-state index contributed by atoms with van der Waals surface area (Å²) in [6.07, 6.45) is 0.758. The first kappa shape index (κ1) is 25.8. The highest BCUT2D eigenvalue weighted by atomic mass is 28.5. The number of aromatic nitrogens is 3. The van der Waals surface area contributed by atoms with Gasteiger partial charge in [-0.1, -0.05) is 25.1 Å². The van der Waals surface area contributed by atoms with Crippen LogP contribution in [0.25, 0.3) is 16.7 Å². The number of H-pyrrole nitrogens is 1. The molecule has 0 radical (unpaired) electrons. The van der Waals surface area contributed by atoms with Gasteiger partial charge in [-0.05, 0) is 105 Å². The van der Waals surface area contributed by atoms with Crippen LogP contribution in [0, 0.1) is 12.8 Å². The molecule has 1 heterocycles. The van der Waals surface area contributed by atoms with Gasteiger partial charge in [-0.3, -0.25) is 0 Å². The molecule has 1 aromatic heterocycles. The highest BCUT2D eigenvalue weighted by Crippen LogP contribution is 2.33. The highest BCUT2D eigenvalue weighted by molar-refractivity contribution is 6.87. The van der Waals surface area contributed by atoms with Crippen molar-refractivity contribution in [3.63, 3.8) is 0 Å². The van der Waals surface area contributed by atoms with E-state index < -0.39 is 25.2 Å². The van der Waals surface area contributed by atoms with Gasteiger partial charge < -0.3 is 13.3 Å². The number of phenolic OH excluding ortho intramolecular Hbond substituents is 1. The van der Waals surface area contributed by atoms with E-state index in [9.17, 15) is 5.11 Å². The second kappa shape index (κ2) is 9.46. The van der Waals surface area contributed by atoms with Crippen LogP contribution in [0.1, 0.15) is 18.1 Å². The lowest BCUT2D eigenvalue weighted by molar-refractivity contribution is -0.454. The molecule has 0 aliphatic rings. The maximum absolute atomic E-state index is 11.2. The van der Waals surface area contributed by atoms with Crippen LogP contribution in [0.15, 0.2) is 36.4 Å². The zero-order valence-electron chi connectivity index (χ0n) is 21.6. The summed E-state index contributed by atoms with van der Waals surface area (Å²) >= 11 is 0. The van der Waals surface area contributed by atoms with Gasteiger partial charge in [0.2, 0.25) is 5.52 Å². The summed E-state index contributed by atoms with van der Waals surface area (Å²) in [4.78, 5) is 1.67. The van der Waals surface area contributed by atoms with Crippen LogP contribution in [-0.2, 0) is 14.7 Å². The normalized spacial score (nSPS) is 14.1. The molecule has 33 heavy (non-hydrogen) atoms. The van der Waals surface area contributed by atoms with E-state index in [1.165, 1.54) is 0 Å². The van der Waals surface area contributed by atoms with E-state index in [2.05, 4.69) is 75.9 Å². The van der Waals surface area contributed by atoms with E-state index in [0.717, 1.165) is 34.6 Å². The Bertz CT molecular complexity index is 1070. The van der Waals surface area contributed by atoms with Crippen molar-refractivity contribution in [2.24, 2.45) is 5.92 Å². The maximum atomic E-state index is 11.2. The third-order valence-corrected chi connectivity index (χ3v) is 15.0. The Kier molecular flexibility index (Phi) is 7.40. The fourth-order valence-corrected chi connectivity index (χ4v) is 17.6. The van der Waals surface area contributed by atoms with Crippen molar-refractivity contribution in [3.05, 3.63) is 47.5 Å². The largest absolute Gasteiger partial charge is 0.505 e. The van der Waals surface area contributed by atoms with E-state index in [1.54, 1.807) is 4.80 Å². The second-order valence-electron chi connectivity index (χ2n) is 11.4. The zero-order chi connectivity index (χ0) is 24.6. The van der Waals surface area contributed by atoms with Gasteiger partial charge in [-0.15, -0.1) is 0 Å². The number of nitrogens with zero attached hydrogens (tertiary/aromatic N) is 2. The lowest BCUT2D eigenvalue weighted by atomic mass is 9.99. The number of phenols is 1. The molecule has 3 aromatic rings. The summed E-state index contributed by atoms with van der Waals surface area (Å²) in [7, 11) is -5.84. The topological polar surface area (TPSA) is 70.7 Å². The quantitative estimate of drug-likeness (QED) is 0.375. The van der Waals surface area contributed by atoms with Gasteiger partial charge in [0.1, 0.15) is 5.75 Å². The smallest absolute Gasteiger partial charge is 0.314 e. The molecule has 6 nitrogen and oxygen atoms in total. The van der Waals surface area contributed by atoms with Crippen molar-refractivity contribution in [2.45, 2.75) is 72.1 Å². The number of aromatic amines is 1. The van der Waals surface area contributed by atoms with Gasteiger partial charge in [0, 0.05) is 0 Å². The number of fused-ring (bicyclic) bond motifs is 1. The van der Waals surface area contributed by atoms with E-state index >= 15 is 0 Å².